The molecule has 78 valence electrons. The summed E-state index contributed by atoms with van der Waals surface area (Å²) in [7, 11) is 0. The molecule has 0 saturated heterocycles. The maximum absolute atomic E-state index is 9.48. The number of aromatic hydroxyl groups is 1. The molecule has 0 bridgehead atoms. The van der Waals surface area contributed by atoms with Crippen molar-refractivity contribution in [2.45, 2.75) is 33.2 Å². The van der Waals surface area contributed by atoms with Gasteiger partial charge in [-0.3, -0.25) is 0 Å². The molecule has 0 heterocycles. The molecular formula is C12H19NO. The molecule has 0 amide bonds. The van der Waals surface area contributed by atoms with Gasteiger partial charge in [0.1, 0.15) is 5.75 Å². The maximum Gasteiger partial charge on any atom is 0.120 e. The van der Waals surface area contributed by atoms with Gasteiger partial charge in [0.15, 0.2) is 0 Å². The third-order valence-electron chi connectivity index (χ3n) is 2.85. The van der Waals surface area contributed by atoms with Crippen LogP contribution < -0.4 is 5.73 Å². The van der Waals surface area contributed by atoms with E-state index < -0.39 is 0 Å². The molecule has 1 rings (SSSR count). The largest absolute Gasteiger partial charge is 0.508 e. The van der Waals surface area contributed by atoms with Gasteiger partial charge >= 0.3 is 0 Å². The lowest BCUT2D eigenvalue weighted by atomic mass is 9.89. The lowest BCUT2D eigenvalue weighted by molar-refractivity contribution is 0.466. The molecule has 1 aromatic rings. The Bertz CT molecular complexity index is 307. The molecule has 2 nitrogen and oxygen atoms in total. The van der Waals surface area contributed by atoms with Gasteiger partial charge in [-0.1, -0.05) is 32.9 Å². The highest BCUT2D eigenvalue weighted by Gasteiger charge is 2.11. The fourth-order valence-electron chi connectivity index (χ4n) is 1.44. The summed E-state index contributed by atoms with van der Waals surface area (Å²) in [6, 6.07) is 5.70. The molecule has 0 fully saturated rings. The minimum atomic E-state index is 0.298. The summed E-state index contributed by atoms with van der Waals surface area (Å²) in [6.45, 7) is 6.97. The summed E-state index contributed by atoms with van der Waals surface area (Å²) in [6.07, 6.45) is 0. The first kappa shape index (κ1) is 11.1. The second-order valence-corrected chi connectivity index (χ2v) is 4.12. The average molecular weight is 193 g/mol. The highest BCUT2D eigenvalue weighted by atomic mass is 16.3. The molecule has 0 aliphatic carbocycles. The van der Waals surface area contributed by atoms with Crippen molar-refractivity contribution in [3.05, 3.63) is 29.3 Å². The van der Waals surface area contributed by atoms with E-state index in [1.54, 1.807) is 6.07 Å². The minimum absolute atomic E-state index is 0.298. The summed E-state index contributed by atoms with van der Waals surface area (Å²) in [5.41, 5.74) is 7.61. The molecule has 1 aromatic carbocycles. The highest BCUT2D eigenvalue weighted by molar-refractivity contribution is 5.37. The molecule has 14 heavy (non-hydrogen) atoms. The van der Waals surface area contributed by atoms with E-state index in [9.17, 15) is 5.11 Å². The van der Waals surface area contributed by atoms with E-state index in [2.05, 4.69) is 20.8 Å². The second-order valence-electron chi connectivity index (χ2n) is 4.12. The van der Waals surface area contributed by atoms with Gasteiger partial charge in [0.25, 0.3) is 0 Å². The fourth-order valence-corrected chi connectivity index (χ4v) is 1.44. The number of hydrogen-bond donors (Lipinski definition) is 2. The zero-order valence-corrected chi connectivity index (χ0v) is 9.12. The summed E-state index contributed by atoms with van der Waals surface area (Å²) in [5, 5.41) is 9.48. The number of phenolic OH excluding ortho intramolecular Hbond substituents is 1. The Kier molecular flexibility index (Phi) is 3.53. The Morgan fingerprint density at radius 1 is 1.29 bits per heavy atom. The first-order valence-electron chi connectivity index (χ1n) is 5.08. The monoisotopic (exact) mass is 193 g/mol. The molecule has 0 aliphatic heterocycles. The summed E-state index contributed by atoms with van der Waals surface area (Å²) in [4.78, 5) is 0. The predicted octanol–water partition coefficient (Wildman–Crippen LogP) is 2.61. The molecule has 1 unspecified atom stereocenters. The lowest BCUT2D eigenvalue weighted by Gasteiger charge is -2.17. The van der Waals surface area contributed by atoms with Gasteiger partial charge in [0.05, 0.1) is 0 Å². The average Bonchev–Trinajstić information content (AvgIpc) is 2.17. The van der Waals surface area contributed by atoms with Gasteiger partial charge < -0.3 is 10.8 Å². The van der Waals surface area contributed by atoms with Gasteiger partial charge in [-0.05, 0) is 23.5 Å². The SMILES string of the molecule is CC(C)C(C)c1ccc(O)c(CN)c1. The second kappa shape index (κ2) is 4.47. The Labute approximate surface area is 85.8 Å². The predicted molar refractivity (Wildman–Crippen MR) is 59.3 cm³/mol. The van der Waals surface area contributed by atoms with Gasteiger partial charge in [0, 0.05) is 12.1 Å². The van der Waals surface area contributed by atoms with Crippen LogP contribution in [-0.2, 0) is 6.54 Å². The third-order valence-corrected chi connectivity index (χ3v) is 2.85. The zero-order chi connectivity index (χ0) is 10.7. The number of benzene rings is 1. The smallest absolute Gasteiger partial charge is 0.120 e. The van der Waals surface area contributed by atoms with Crippen LogP contribution in [0, 0.1) is 5.92 Å². The zero-order valence-electron chi connectivity index (χ0n) is 9.12. The molecule has 0 radical (unpaired) electrons. The lowest BCUT2D eigenvalue weighted by Crippen LogP contribution is -2.04. The van der Waals surface area contributed by atoms with Crippen molar-refractivity contribution in [3.63, 3.8) is 0 Å². The molecule has 2 heteroatoms. The van der Waals surface area contributed by atoms with Crippen LogP contribution in [0.1, 0.15) is 37.8 Å². The Balaban J connectivity index is 3.00. The van der Waals surface area contributed by atoms with Crippen molar-refractivity contribution in [1.29, 1.82) is 0 Å². The molecular weight excluding hydrogens is 174 g/mol. The Hall–Kier alpha value is -1.02. The van der Waals surface area contributed by atoms with E-state index in [-0.39, 0.29) is 0 Å². The van der Waals surface area contributed by atoms with Crippen LogP contribution >= 0.6 is 0 Å². The number of hydrogen-bond acceptors (Lipinski definition) is 2. The molecule has 3 N–H and O–H groups in total. The normalized spacial score (nSPS) is 13.2. The van der Waals surface area contributed by atoms with Crippen molar-refractivity contribution in [1.82, 2.24) is 0 Å². The minimum Gasteiger partial charge on any atom is -0.508 e. The van der Waals surface area contributed by atoms with Crippen LogP contribution in [0.25, 0.3) is 0 Å². The molecule has 0 saturated carbocycles. The highest BCUT2D eigenvalue weighted by Crippen LogP contribution is 2.27. The summed E-state index contributed by atoms with van der Waals surface area (Å²) in [5.74, 6) is 1.40. The quantitative estimate of drug-likeness (QED) is 0.775. The van der Waals surface area contributed by atoms with E-state index in [1.807, 2.05) is 12.1 Å². The van der Waals surface area contributed by atoms with Gasteiger partial charge in [0.2, 0.25) is 0 Å². The van der Waals surface area contributed by atoms with Crippen molar-refractivity contribution in [3.8, 4) is 5.75 Å². The van der Waals surface area contributed by atoms with E-state index >= 15 is 0 Å². The maximum atomic E-state index is 9.48. The van der Waals surface area contributed by atoms with Crippen LogP contribution in [0.15, 0.2) is 18.2 Å². The Morgan fingerprint density at radius 3 is 2.43 bits per heavy atom. The van der Waals surface area contributed by atoms with Crippen molar-refractivity contribution in [2.24, 2.45) is 11.7 Å². The fraction of sp³-hybridized carbons (Fsp3) is 0.500. The van der Waals surface area contributed by atoms with Crippen LogP contribution in [0.5, 0.6) is 5.75 Å². The number of rotatable bonds is 3. The third kappa shape index (κ3) is 2.26. The summed E-state index contributed by atoms with van der Waals surface area (Å²) < 4.78 is 0. The van der Waals surface area contributed by atoms with Crippen molar-refractivity contribution in [2.75, 3.05) is 0 Å². The van der Waals surface area contributed by atoms with Crippen molar-refractivity contribution >= 4 is 0 Å². The topological polar surface area (TPSA) is 46.2 Å². The molecule has 0 aromatic heterocycles. The van der Waals surface area contributed by atoms with Crippen LogP contribution in [0.4, 0.5) is 0 Å². The molecule has 1 atom stereocenters. The van der Waals surface area contributed by atoms with E-state index in [4.69, 9.17) is 5.73 Å². The van der Waals surface area contributed by atoms with Crippen LogP contribution in [-0.4, -0.2) is 5.11 Å². The summed E-state index contributed by atoms with van der Waals surface area (Å²) >= 11 is 0. The number of phenols is 1. The van der Waals surface area contributed by atoms with E-state index in [0.717, 1.165) is 5.56 Å². The standard InChI is InChI=1S/C12H19NO/c1-8(2)9(3)10-4-5-12(14)11(6-10)7-13/h4-6,8-9,14H,7,13H2,1-3H3. The van der Waals surface area contributed by atoms with E-state index in [1.165, 1.54) is 5.56 Å². The first-order valence-corrected chi connectivity index (χ1v) is 5.08. The van der Waals surface area contributed by atoms with Crippen LogP contribution in [0.2, 0.25) is 0 Å². The molecule has 0 aliphatic rings. The van der Waals surface area contributed by atoms with Gasteiger partial charge in [-0.25, -0.2) is 0 Å². The van der Waals surface area contributed by atoms with Gasteiger partial charge in [-0.15, -0.1) is 0 Å². The van der Waals surface area contributed by atoms with Crippen LogP contribution in [0.3, 0.4) is 0 Å². The van der Waals surface area contributed by atoms with Gasteiger partial charge in [-0.2, -0.15) is 0 Å². The van der Waals surface area contributed by atoms with E-state index in [0.29, 0.717) is 24.1 Å². The first-order chi connectivity index (χ1) is 6.56. The molecule has 0 spiro atoms. The number of nitrogens with two attached hydrogens (primary N) is 1. The van der Waals surface area contributed by atoms with Crippen molar-refractivity contribution < 1.29 is 5.11 Å². The Morgan fingerprint density at radius 2 is 1.93 bits per heavy atom.